The standard InChI is InChI=1S/C26H26F3N3O3/c27-26(28,29)35-22-10-6-7-20(19-22)30-24-12-5-4-11-23(24)25(33)34-18-17-31-13-15-32(16-14-31)21-8-2-1-3-9-21/h1-12,19,30H,13-18H2. The van der Waals surface area contributed by atoms with Crippen molar-refractivity contribution in [3.05, 3.63) is 84.4 Å². The Morgan fingerprint density at radius 1 is 0.886 bits per heavy atom. The van der Waals surface area contributed by atoms with Crippen molar-refractivity contribution < 1.29 is 27.4 Å². The van der Waals surface area contributed by atoms with Gasteiger partial charge in [-0.05, 0) is 36.4 Å². The van der Waals surface area contributed by atoms with Crippen LogP contribution in [0.3, 0.4) is 0 Å². The molecular weight excluding hydrogens is 459 g/mol. The molecule has 0 spiro atoms. The number of carbonyl (C=O) groups is 1. The monoisotopic (exact) mass is 485 g/mol. The number of hydrogen-bond donors (Lipinski definition) is 1. The second-order valence-electron chi connectivity index (χ2n) is 8.05. The van der Waals surface area contributed by atoms with Crippen molar-refractivity contribution in [2.24, 2.45) is 0 Å². The second kappa shape index (κ2) is 11.1. The molecule has 0 radical (unpaired) electrons. The lowest BCUT2D eigenvalue weighted by Gasteiger charge is -2.35. The first-order valence-electron chi connectivity index (χ1n) is 11.3. The lowest BCUT2D eigenvalue weighted by molar-refractivity contribution is -0.274. The Labute approximate surface area is 201 Å². The fourth-order valence-electron chi connectivity index (χ4n) is 3.91. The summed E-state index contributed by atoms with van der Waals surface area (Å²) in [6.07, 6.45) is -4.78. The van der Waals surface area contributed by atoms with Crippen molar-refractivity contribution in [1.29, 1.82) is 0 Å². The van der Waals surface area contributed by atoms with E-state index < -0.39 is 12.3 Å². The minimum Gasteiger partial charge on any atom is -0.461 e. The molecule has 1 fully saturated rings. The Bertz CT molecular complexity index is 1120. The third kappa shape index (κ3) is 7.13. The number of esters is 1. The molecule has 3 aromatic carbocycles. The lowest BCUT2D eigenvalue weighted by Crippen LogP contribution is -2.47. The highest BCUT2D eigenvalue weighted by Crippen LogP contribution is 2.28. The largest absolute Gasteiger partial charge is 0.573 e. The molecule has 9 heteroatoms. The molecule has 0 unspecified atom stereocenters. The van der Waals surface area contributed by atoms with Crippen molar-refractivity contribution in [3.63, 3.8) is 0 Å². The van der Waals surface area contributed by atoms with Gasteiger partial charge in [0.25, 0.3) is 0 Å². The molecular formula is C26H26F3N3O3. The normalized spacial score (nSPS) is 14.4. The van der Waals surface area contributed by atoms with Crippen molar-refractivity contribution in [2.45, 2.75) is 6.36 Å². The first-order chi connectivity index (χ1) is 16.9. The van der Waals surface area contributed by atoms with Gasteiger partial charge in [0.15, 0.2) is 0 Å². The molecule has 3 aromatic rings. The zero-order chi connectivity index (χ0) is 24.7. The van der Waals surface area contributed by atoms with E-state index >= 15 is 0 Å². The van der Waals surface area contributed by atoms with Gasteiger partial charge in [-0.1, -0.05) is 36.4 Å². The fourth-order valence-corrected chi connectivity index (χ4v) is 3.91. The number of piperazine rings is 1. The predicted molar refractivity (Wildman–Crippen MR) is 128 cm³/mol. The van der Waals surface area contributed by atoms with E-state index in [2.05, 4.69) is 32.0 Å². The Hall–Kier alpha value is -3.72. The van der Waals surface area contributed by atoms with E-state index in [1.165, 1.54) is 23.9 Å². The average Bonchev–Trinajstić information content (AvgIpc) is 2.84. The van der Waals surface area contributed by atoms with Crippen LogP contribution >= 0.6 is 0 Å². The number of para-hydroxylation sites is 2. The van der Waals surface area contributed by atoms with E-state index in [0.717, 1.165) is 26.2 Å². The molecule has 1 aliphatic heterocycles. The number of alkyl halides is 3. The van der Waals surface area contributed by atoms with Gasteiger partial charge in [-0.2, -0.15) is 0 Å². The number of halogens is 3. The molecule has 0 aromatic heterocycles. The predicted octanol–water partition coefficient (Wildman–Crippen LogP) is 5.31. The molecule has 1 aliphatic rings. The topological polar surface area (TPSA) is 54.0 Å². The number of carbonyl (C=O) groups excluding carboxylic acids is 1. The van der Waals surface area contributed by atoms with Crippen LogP contribution in [0.25, 0.3) is 0 Å². The van der Waals surface area contributed by atoms with Gasteiger partial charge in [-0.15, -0.1) is 13.2 Å². The van der Waals surface area contributed by atoms with Crippen LogP contribution in [-0.2, 0) is 4.74 Å². The van der Waals surface area contributed by atoms with E-state index in [-0.39, 0.29) is 12.4 Å². The molecule has 0 amide bonds. The summed E-state index contributed by atoms with van der Waals surface area (Å²) in [6.45, 7) is 4.43. The summed E-state index contributed by atoms with van der Waals surface area (Å²) in [5.74, 6) is -0.853. The van der Waals surface area contributed by atoms with Crippen molar-refractivity contribution >= 4 is 23.0 Å². The van der Waals surface area contributed by atoms with Crippen LogP contribution in [0.2, 0.25) is 0 Å². The first kappa shape index (κ1) is 24.4. The molecule has 0 saturated carbocycles. The maximum atomic E-state index is 12.7. The highest BCUT2D eigenvalue weighted by Gasteiger charge is 2.31. The zero-order valence-corrected chi connectivity index (χ0v) is 19.0. The lowest BCUT2D eigenvalue weighted by atomic mass is 10.1. The maximum Gasteiger partial charge on any atom is 0.573 e. The van der Waals surface area contributed by atoms with Gasteiger partial charge in [-0.3, -0.25) is 4.90 Å². The van der Waals surface area contributed by atoms with Crippen molar-refractivity contribution in [3.8, 4) is 5.75 Å². The van der Waals surface area contributed by atoms with Gasteiger partial charge in [0.1, 0.15) is 12.4 Å². The molecule has 0 aliphatic carbocycles. The number of anilines is 3. The van der Waals surface area contributed by atoms with Crippen molar-refractivity contribution in [2.75, 3.05) is 49.5 Å². The van der Waals surface area contributed by atoms with Crippen LogP contribution in [0, 0.1) is 0 Å². The van der Waals surface area contributed by atoms with Gasteiger partial charge in [0.05, 0.1) is 11.3 Å². The summed E-state index contributed by atoms with van der Waals surface area (Å²) < 4.78 is 47.0. The van der Waals surface area contributed by atoms with Gasteiger partial charge < -0.3 is 19.7 Å². The van der Waals surface area contributed by atoms with E-state index in [4.69, 9.17) is 4.74 Å². The Morgan fingerprint density at radius 3 is 2.34 bits per heavy atom. The molecule has 1 heterocycles. The van der Waals surface area contributed by atoms with Crippen LogP contribution < -0.4 is 15.0 Å². The van der Waals surface area contributed by atoms with E-state index in [9.17, 15) is 18.0 Å². The maximum absolute atomic E-state index is 12.7. The number of nitrogens with zero attached hydrogens (tertiary/aromatic N) is 2. The zero-order valence-electron chi connectivity index (χ0n) is 19.0. The Kier molecular flexibility index (Phi) is 7.77. The van der Waals surface area contributed by atoms with Crippen molar-refractivity contribution in [1.82, 2.24) is 4.90 Å². The first-order valence-corrected chi connectivity index (χ1v) is 11.3. The van der Waals surface area contributed by atoms with E-state index in [1.807, 2.05) is 18.2 Å². The van der Waals surface area contributed by atoms with Crippen LogP contribution in [0.1, 0.15) is 10.4 Å². The number of ether oxygens (including phenoxy) is 2. The quantitative estimate of drug-likeness (QED) is 0.437. The summed E-state index contributed by atoms with van der Waals surface area (Å²) in [7, 11) is 0. The smallest absolute Gasteiger partial charge is 0.461 e. The SMILES string of the molecule is O=C(OCCN1CCN(c2ccccc2)CC1)c1ccccc1Nc1cccc(OC(F)(F)F)c1. The van der Waals surface area contributed by atoms with Gasteiger partial charge in [-0.25, -0.2) is 4.79 Å². The molecule has 1 saturated heterocycles. The van der Waals surface area contributed by atoms with Crippen LogP contribution in [0.5, 0.6) is 5.75 Å². The molecule has 4 rings (SSSR count). The molecule has 1 N–H and O–H groups in total. The van der Waals surface area contributed by atoms with Crippen LogP contribution in [0.15, 0.2) is 78.9 Å². The van der Waals surface area contributed by atoms with Gasteiger partial charge >= 0.3 is 12.3 Å². The summed E-state index contributed by atoms with van der Waals surface area (Å²) in [6, 6.07) is 22.4. The van der Waals surface area contributed by atoms with Gasteiger partial charge in [0, 0.05) is 50.2 Å². The van der Waals surface area contributed by atoms with Gasteiger partial charge in [0.2, 0.25) is 0 Å². The minimum atomic E-state index is -4.78. The third-order valence-electron chi connectivity index (χ3n) is 5.63. The number of hydrogen-bond acceptors (Lipinski definition) is 6. The number of nitrogens with one attached hydrogen (secondary N) is 1. The highest BCUT2D eigenvalue weighted by atomic mass is 19.4. The fraction of sp³-hybridized carbons (Fsp3) is 0.269. The molecule has 0 atom stereocenters. The average molecular weight is 486 g/mol. The van der Waals surface area contributed by atoms with Crippen LogP contribution in [0.4, 0.5) is 30.2 Å². The number of rotatable bonds is 8. The summed E-state index contributed by atoms with van der Waals surface area (Å²) in [4.78, 5) is 17.3. The summed E-state index contributed by atoms with van der Waals surface area (Å²) in [5.41, 5.74) is 2.28. The summed E-state index contributed by atoms with van der Waals surface area (Å²) >= 11 is 0. The Balaban J connectivity index is 1.29. The summed E-state index contributed by atoms with van der Waals surface area (Å²) in [5, 5.41) is 2.98. The van der Waals surface area contributed by atoms with E-state index in [0.29, 0.717) is 23.5 Å². The molecule has 6 nitrogen and oxygen atoms in total. The Morgan fingerprint density at radius 2 is 1.60 bits per heavy atom. The third-order valence-corrected chi connectivity index (χ3v) is 5.63. The molecule has 184 valence electrons. The highest BCUT2D eigenvalue weighted by molar-refractivity contribution is 5.96. The second-order valence-corrected chi connectivity index (χ2v) is 8.05. The molecule has 0 bridgehead atoms. The number of benzene rings is 3. The minimum absolute atomic E-state index is 0.243. The van der Waals surface area contributed by atoms with E-state index in [1.54, 1.807) is 30.3 Å². The molecule has 35 heavy (non-hydrogen) atoms. The van der Waals surface area contributed by atoms with Crippen LogP contribution in [-0.4, -0.2) is 56.6 Å².